The van der Waals surface area contributed by atoms with Gasteiger partial charge in [0.25, 0.3) is 0 Å². The van der Waals surface area contributed by atoms with E-state index in [2.05, 4.69) is 53.7 Å². The molecule has 0 heterocycles. The van der Waals surface area contributed by atoms with Crippen LogP contribution in [0.4, 0.5) is 0 Å². The molecule has 0 bridgehead atoms. The van der Waals surface area contributed by atoms with Crippen LogP contribution in [0.5, 0.6) is 0 Å². The Kier molecular flexibility index (Phi) is 3.94. The second kappa shape index (κ2) is 5.39. The third kappa shape index (κ3) is 2.74. The lowest BCUT2D eigenvalue weighted by Gasteiger charge is -2.36. The minimum Gasteiger partial charge on any atom is -0.0625 e. The monoisotopic (exact) mass is 298 g/mol. The average molecular weight is 299 g/mol. The largest absolute Gasteiger partial charge is 0.0625 e. The van der Waals surface area contributed by atoms with Gasteiger partial charge in [0.15, 0.2) is 0 Å². The van der Waals surface area contributed by atoms with E-state index in [0.717, 1.165) is 5.92 Å². The van der Waals surface area contributed by atoms with E-state index in [9.17, 15) is 0 Å². The summed E-state index contributed by atoms with van der Waals surface area (Å²) in [5.74, 6) is 1.60. The molecule has 122 valence electrons. The lowest BCUT2D eigenvalue weighted by molar-refractivity contribution is 0.166. The maximum atomic E-state index is 2.44. The summed E-state index contributed by atoms with van der Waals surface area (Å²) in [5.41, 5.74) is 7.57. The van der Waals surface area contributed by atoms with Crippen molar-refractivity contribution in [1.29, 1.82) is 0 Å². The van der Waals surface area contributed by atoms with Crippen molar-refractivity contribution in [2.75, 3.05) is 0 Å². The van der Waals surface area contributed by atoms with Crippen LogP contribution in [0, 0.1) is 11.3 Å². The summed E-state index contributed by atoms with van der Waals surface area (Å²) >= 11 is 0. The molecule has 0 aromatic heterocycles. The molecule has 0 radical (unpaired) electrons. The van der Waals surface area contributed by atoms with Gasteiger partial charge in [-0.05, 0) is 70.6 Å². The smallest absolute Gasteiger partial charge is 0.0129 e. The van der Waals surface area contributed by atoms with Crippen LogP contribution in [0.25, 0.3) is 0 Å². The van der Waals surface area contributed by atoms with Gasteiger partial charge in [0.05, 0.1) is 0 Å². The first-order chi connectivity index (χ1) is 10.2. The zero-order valence-electron chi connectivity index (χ0n) is 15.6. The summed E-state index contributed by atoms with van der Waals surface area (Å²) in [6.45, 7) is 14.3. The van der Waals surface area contributed by atoms with Crippen LogP contribution >= 0.6 is 0 Å². The number of fused-ring (bicyclic) bond motifs is 1. The topological polar surface area (TPSA) is 0 Å². The summed E-state index contributed by atoms with van der Waals surface area (Å²) in [6.07, 6.45) is 8.48. The van der Waals surface area contributed by atoms with Crippen LogP contribution in [-0.2, 0) is 18.3 Å². The molecule has 0 unspecified atom stereocenters. The molecule has 1 fully saturated rings. The first-order valence-corrected chi connectivity index (χ1v) is 9.37. The SMILES string of the molecule is CC1CCC2(CC1)Cc1c(C(C)C)ccc(C(C)(C)C)c1C2. The summed E-state index contributed by atoms with van der Waals surface area (Å²) in [5, 5.41) is 0. The molecule has 2 aliphatic carbocycles. The highest BCUT2D eigenvalue weighted by Gasteiger charge is 2.42. The van der Waals surface area contributed by atoms with Gasteiger partial charge in [-0.3, -0.25) is 0 Å². The van der Waals surface area contributed by atoms with Crippen molar-refractivity contribution in [3.63, 3.8) is 0 Å². The van der Waals surface area contributed by atoms with Gasteiger partial charge in [-0.25, -0.2) is 0 Å². The molecule has 0 N–H and O–H groups in total. The number of hydrogen-bond acceptors (Lipinski definition) is 0. The Morgan fingerprint density at radius 2 is 1.59 bits per heavy atom. The van der Waals surface area contributed by atoms with Gasteiger partial charge in [0.1, 0.15) is 0 Å². The molecule has 0 amide bonds. The summed E-state index contributed by atoms with van der Waals surface area (Å²) in [7, 11) is 0. The van der Waals surface area contributed by atoms with Gasteiger partial charge in [0.2, 0.25) is 0 Å². The molecule has 0 heteroatoms. The van der Waals surface area contributed by atoms with Gasteiger partial charge in [-0.2, -0.15) is 0 Å². The van der Waals surface area contributed by atoms with E-state index in [1.165, 1.54) is 38.5 Å². The van der Waals surface area contributed by atoms with E-state index in [1.807, 2.05) is 0 Å². The van der Waals surface area contributed by atoms with Gasteiger partial charge in [-0.1, -0.05) is 66.5 Å². The van der Waals surface area contributed by atoms with Crippen LogP contribution in [-0.4, -0.2) is 0 Å². The molecule has 0 aliphatic heterocycles. The van der Waals surface area contributed by atoms with Crippen molar-refractivity contribution in [2.24, 2.45) is 11.3 Å². The summed E-state index contributed by atoms with van der Waals surface area (Å²) in [6, 6.07) is 4.88. The van der Waals surface area contributed by atoms with Crippen LogP contribution in [0.15, 0.2) is 12.1 Å². The zero-order valence-corrected chi connectivity index (χ0v) is 15.6. The van der Waals surface area contributed by atoms with Crippen LogP contribution < -0.4 is 0 Å². The second-order valence-electron chi connectivity index (χ2n) is 9.60. The highest BCUT2D eigenvalue weighted by Crippen LogP contribution is 2.52. The summed E-state index contributed by atoms with van der Waals surface area (Å²) in [4.78, 5) is 0. The van der Waals surface area contributed by atoms with E-state index in [4.69, 9.17) is 0 Å². The van der Waals surface area contributed by atoms with Crippen molar-refractivity contribution in [3.8, 4) is 0 Å². The third-order valence-electron chi connectivity index (χ3n) is 6.34. The summed E-state index contributed by atoms with van der Waals surface area (Å²) < 4.78 is 0. The minimum atomic E-state index is 0.271. The molecule has 0 nitrogen and oxygen atoms in total. The standard InChI is InChI=1S/C22H34/c1-15(2)17-7-8-20(21(4,5)6)19-14-22(13-18(17)19)11-9-16(3)10-12-22/h7-8,15-16H,9-14H2,1-6H3. The fourth-order valence-electron chi connectivity index (χ4n) is 4.91. The molecule has 2 aliphatic rings. The van der Waals surface area contributed by atoms with E-state index in [1.54, 1.807) is 22.3 Å². The predicted molar refractivity (Wildman–Crippen MR) is 96.7 cm³/mol. The minimum absolute atomic E-state index is 0.271. The molecule has 0 saturated heterocycles. The van der Waals surface area contributed by atoms with Gasteiger partial charge in [0, 0.05) is 0 Å². The van der Waals surface area contributed by atoms with Crippen molar-refractivity contribution in [3.05, 3.63) is 34.4 Å². The Balaban J connectivity index is 2.03. The lowest BCUT2D eigenvalue weighted by atomic mass is 9.69. The van der Waals surface area contributed by atoms with Crippen molar-refractivity contribution in [2.45, 2.75) is 91.4 Å². The Bertz CT molecular complexity index is 548. The molecule has 3 rings (SSSR count). The lowest BCUT2D eigenvalue weighted by Crippen LogP contribution is -2.27. The van der Waals surface area contributed by atoms with Crippen molar-refractivity contribution >= 4 is 0 Å². The fraction of sp³-hybridized carbons (Fsp3) is 0.727. The molecule has 1 saturated carbocycles. The van der Waals surface area contributed by atoms with Crippen molar-refractivity contribution in [1.82, 2.24) is 0 Å². The quantitative estimate of drug-likeness (QED) is 0.562. The Hall–Kier alpha value is -0.780. The highest BCUT2D eigenvalue weighted by molar-refractivity contribution is 5.49. The molecular weight excluding hydrogens is 264 g/mol. The fourth-order valence-corrected chi connectivity index (χ4v) is 4.91. The molecule has 1 spiro atoms. The second-order valence-corrected chi connectivity index (χ2v) is 9.60. The first-order valence-electron chi connectivity index (χ1n) is 9.37. The van der Waals surface area contributed by atoms with E-state index in [0.29, 0.717) is 11.3 Å². The van der Waals surface area contributed by atoms with Gasteiger partial charge < -0.3 is 0 Å². The van der Waals surface area contributed by atoms with E-state index >= 15 is 0 Å². The van der Waals surface area contributed by atoms with Crippen molar-refractivity contribution < 1.29 is 0 Å². The van der Waals surface area contributed by atoms with Gasteiger partial charge in [-0.15, -0.1) is 0 Å². The van der Waals surface area contributed by atoms with E-state index in [-0.39, 0.29) is 5.41 Å². The molecular formula is C22H34. The van der Waals surface area contributed by atoms with E-state index < -0.39 is 0 Å². The zero-order chi connectivity index (χ0) is 16.1. The molecule has 0 atom stereocenters. The number of benzene rings is 1. The third-order valence-corrected chi connectivity index (χ3v) is 6.34. The Morgan fingerprint density at radius 3 is 2.14 bits per heavy atom. The Labute approximate surface area is 137 Å². The van der Waals surface area contributed by atoms with Crippen LogP contribution in [0.1, 0.15) is 95.4 Å². The normalized spacial score (nSPS) is 28.4. The Morgan fingerprint density at radius 1 is 1.00 bits per heavy atom. The first kappa shape index (κ1) is 16.1. The highest BCUT2D eigenvalue weighted by atomic mass is 14.5. The number of hydrogen-bond donors (Lipinski definition) is 0. The molecule has 1 aromatic carbocycles. The molecule has 22 heavy (non-hydrogen) atoms. The number of rotatable bonds is 1. The maximum Gasteiger partial charge on any atom is -0.0129 e. The van der Waals surface area contributed by atoms with Crippen LogP contribution in [0.3, 0.4) is 0 Å². The van der Waals surface area contributed by atoms with Crippen LogP contribution in [0.2, 0.25) is 0 Å². The average Bonchev–Trinajstić information content (AvgIpc) is 2.78. The predicted octanol–water partition coefficient (Wildman–Crippen LogP) is 6.40. The van der Waals surface area contributed by atoms with Gasteiger partial charge >= 0.3 is 0 Å². The molecule has 1 aromatic rings. The maximum absolute atomic E-state index is 2.44.